The van der Waals surface area contributed by atoms with Crippen LogP contribution in [0, 0.1) is 5.92 Å². The highest BCUT2D eigenvalue weighted by Crippen LogP contribution is 2.12. The third-order valence-electron chi connectivity index (χ3n) is 4.67. The Labute approximate surface area is 149 Å². The predicted octanol–water partition coefficient (Wildman–Crippen LogP) is 1.42. The molecule has 6 nitrogen and oxygen atoms in total. The van der Waals surface area contributed by atoms with Gasteiger partial charge < -0.3 is 20.5 Å². The largest absolute Gasteiger partial charge is 0.464 e. The van der Waals surface area contributed by atoms with Crippen LogP contribution in [0.5, 0.6) is 0 Å². The molecule has 0 aliphatic carbocycles. The molecule has 0 aromatic heterocycles. The fourth-order valence-electron chi connectivity index (χ4n) is 2.64. The smallest absolute Gasteiger partial charge is 0.328 e. The molecule has 2 rings (SSSR count). The summed E-state index contributed by atoms with van der Waals surface area (Å²) in [6, 6.07) is 8.94. The Kier molecular flexibility index (Phi) is 7.40. The number of carbonyl (C=O) groups excluding carboxylic acids is 2. The Morgan fingerprint density at radius 2 is 2.12 bits per heavy atom. The van der Waals surface area contributed by atoms with E-state index < -0.39 is 12.1 Å². The SMILES string of the molecule is CC[C@H](C)C(N)COC(Cc1ccccc1)C(=O)N[C@H]1CCOC1=O. The maximum atomic E-state index is 12.6. The van der Waals surface area contributed by atoms with E-state index in [9.17, 15) is 9.59 Å². The summed E-state index contributed by atoms with van der Waals surface area (Å²) in [7, 11) is 0. The Balaban J connectivity index is 1.99. The Bertz CT molecular complexity index is 564. The van der Waals surface area contributed by atoms with Crippen molar-refractivity contribution in [2.45, 2.75) is 51.3 Å². The van der Waals surface area contributed by atoms with Gasteiger partial charge in [-0.3, -0.25) is 4.79 Å². The molecule has 1 aromatic rings. The van der Waals surface area contributed by atoms with Gasteiger partial charge in [0.05, 0.1) is 13.2 Å². The zero-order valence-electron chi connectivity index (χ0n) is 14.9. The topological polar surface area (TPSA) is 90.7 Å². The summed E-state index contributed by atoms with van der Waals surface area (Å²) in [4.78, 5) is 24.2. The minimum atomic E-state index is -0.689. The first kappa shape index (κ1) is 19.4. The molecule has 25 heavy (non-hydrogen) atoms. The normalized spacial score (nSPS) is 20.6. The molecule has 0 radical (unpaired) electrons. The zero-order chi connectivity index (χ0) is 18.2. The van der Waals surface area contributed by atoms with Gasteiger partial charge in [0, 0.05) is 18.9 Å². The van der Waals surface area contributed by atoms with E-state index in [-0.39, 0.29) is 17.9 Å². The van der Waals surface area contributed by atoms with Crippen LogP contribution in [-0.2, 0) is 25.5 Å². The van der Waals surface area contributed by atoms with Gasteiger partial charge in [0.2, 0.25) is 5.91 Å². The summed E-state index contributed by atoms with van der Waals surface area (Å²) >= 11 is 0. The van der Waals surface area contributed by atoms with Crippen LogP contribution in [0.2, 0.25) is 0 Å². The average Bonchev–Trinajstić information content (AvgIpc) is 3.03. The number of hydrogen-bond donors (Lipinski definition) is 2. The summed E-state index contributed by atoms with van der Waals surface area (Å²) in [5.74, 6) is -0.377. The average molecular weight is 348 g/mol. The van der Waals surface area contributed by atoms with Crippen molar-refractivity contribution >= 4 is 11.9 Å². The molecule has 1 fully saturated rings. The van der Waals surface area contributed by atoms with Crippen molar-refractivity contribution in [3.05, 3.63) is 35.9 Å². The number of ether oxygens (including phenoxy) is 2. The van der Waals surface area contributed by atoms with Crippen LogP contribution in [0.4, 0.5) is 0 Å². The van der Waals surface area contributed by atoms with Gasteiger partial charge in [-0.05, 0) is 11.5 Å². The molecule has 0 spiro atoms. The first-order valence-electron chi connectivity index (χ1n) is 8.89. The lowest BCUT2D eigenvalue weighted by molar-refractivity contribution is -0.143. The second-order valence-electron chi connectivity index (χ2n) is 6.58. The van der Waals surface area contributed by atoms with E-state index in [0.717, 1.165) is 12.0 Å². The third kappa shape index (κ3) is 5.83. The van der Waals surface area contributed by atoms with Crippen LogP contribution >= 0.6 is 0 Å². The summed E-state index contributed by atoms with van der Waals surface area (Å²) in [5, 5.41) is 2.74. The van der Waals surface area contributed by atoms with Gasteiger partial charge in [0.1, 0.15) is 12.1 Å². The van der Waals surface area contributed by atoms with Gasteiger partial charge in [-0.2, -0.15) is 0 Å². The predicted molar refractivity (Wildman–Crippen MR) is 94.8 cm³/mol. The van der Waals surface area contributed by atoms with Crippen molar-refractivity contribution in [1.29, 1.82) is 0 Å². The molecule has 0 saturated carbocycles. The van der Waals surface area contributed by atoms with Gasteiger partial charge in [0.15, 0.2) is 0 Å². The van der Waals surface area contributed by atoms with Gasteiger partial charge >= 0.3 is 5.97 Å². The number of rotatable bonds is 9. The van der Waals surface area contributed by atoms with Gasteiger partial charge in [0.25, 0.3) is 0 Å². The van der Waals surface area contributed by atoms with Crippen LogP contribution in [0.3, 0.4) is 0 Å². The molecule has 1 aliphatic rings. The molecule has 1 aromatic carbocycles. The summed E-state index contributed by atoms with van der Waals surface area (Å²) in [5.41, 5.74) is 7.12. The monoisotopic (exact) mass is 348 g/mol. The highest BCUT2D eigenvalue weighted by Gasteiger charge is 2.31. The molecule has 3 N–H and O–H groups in total. The van der Waals surface area contributed by atoms with Crippen LogP contribution in [-0.4, -0.2) is 43.3 Å². The van der Waals surface area contributed by atoms with E-state index in [4.69, 9.17) is 15.2 Å². The maximum Gasteiger partial charge on any atom is 0.328 e. The molecule has 1 heterocycles. The van der Waals surface area contributed by atoms with Crippen molar-refractivity contribution in [2.24, 2.45) is 11.7 Å². The van der Waals surface area contributed by atoms with Gasteiger partial charge in [-0.1, -0.05) is 50.6 Å². The van der Waals surface area contributed by atoms with E-state index in [1.165, 1.54) is 0 Å². The number of nitrogens with one attached hydrogen (secondary N) is 1. The number of benzene rings is 1. The number of cyclic esters (lactones) is 1. The molecule has 1 aliphatic heterocycles. The lowest BCUT2D eigenvalue weighted by atomic mass is 10.0. The quantitative estimate of drug-likeness (QED) is 0.659. The standard InChI is InChI=1S/C19H28N2O4/c1-3-13(2)15(20)12-25-17(11-14-7-5-4-6-8-14)18(22)21-16-9-10-24-19(16)23/h4-8,13,15-17H,3,9-12,20H2,1-2H3,(H,21,22)/t13-,15?,16-,17?/m0/s1. The molecule has 1 amide bonds. The zero-order valence-corrected chi connectivity index (χ0v) is 14.9. The third-order valence-corrected chi connectivity index (χ3v) is 4.67. The number of nitrogens with two attached hydrogens (primary N) is 1. The highest BCUT2D eigenvalue weighted by molar-refractivity contribution is 5.87. The van der Waals surface area contributed by atoms with Crippen molar-refractivity contribution in [3.63, 3.8) is 0 Å². The van der Waals surface area contributed by atoms with Crippen molar-refractivity contribution in [1.82, 2.24) is 5.32 Å². The summed E-state index contributed by atoms with van der Waals surface area (Å²) in [6.07, 6.45) is 1.19. The molecule has 2 unspecified atom stereocenters. The second-order valence-corrected chi connectivity index (χ2v) is 6.58. The first-order chi connectivity index (χ1) is 12.0. The Morgan fingerprint density at radius 3 is 2.72 bits per heavy atom. The maximum absolute atomic E-state index is 12.6. The number of esters is 1. The van der Waals surface area contributed by atoms with E-state index in [1.54, 1.807) is 0 Å². The van der Waals surface area contributed by atoms with Gasteiger partial charge in [-0.15, -0.1) is 0 Å². The highest BCUT2D eigenvalue weighted by atomic mass is 16.5. The van der Waals surface area contributed by atoms with E-state index in [2.05, 4.69) is 19.2 Å². The molecule has 1 saturated heterocycles. The molecular formula is C19H28N2O4. The first-order valence-corrected chi connectivity index (χ1v) is 8.89. The Hall–Kier alpha value is -1.92. The van der Waals surface area contributed by atoms with E-state index >= 15 is 0 Å². The van der Waals surface area contributed by atoms with Crippen LogP contribution < -0.4 is 11.1 Å². The van der Waals surface area contributed by atoms with Crippen LogP contribution in [0.1, 0.15) is 32.3 Å². The van der Waals surface area contributed by atoms with Gasteiger partial charge in [-0.25, -0.2) is 4.79 Å². The summed E-state index contributed by atoms with van der Waals surface area (Å²) < 4.78 is 10.7. The fourth-order valence-corrected chi connectivity index (χ4v) is 2.64. The number of carbonyl (C=O) groups is 2. The minimum Gasteiger partial charge on any atom is -0.464 e. The van der Waals surface area contributed by atoms with Crippen molar-refractivity contribution < 1.29 is 19.1 Å². The lowest BCUT2D eigenvalue weighted by Crippen LogP contribution is -2.46. The van der Waals surface area contributed by atoms with Crippen molar-refractivity contribution in [2.75, 3.05) is 13.2 Å². The molecule has 6 heteroatoms. The molecule has 4 atom stereocenters. The van der Waals surface area contributed by atoms with Crippen LogP contribution in [0.25, 0.3) is 0 Å². The van der Waals surface area contributed by atoms with E-state index in [1.807, 2.05) is 30.3 Å². The fraction of sp³-hybridized carbons (Fsp3) is 0.579. The number of hydrogen-bond acceptors (Lipinski definition) is 5. The van der Waals surface area contributed by atoms with E-state index in [0.29, 0.717) is 32.0 Å². The molecular weight excluding hydrogens is 320 g/mol. The minimum absolute atomic E-state index is 0.132. The number of amides is 1. The second kappa shape index (κ2) is 9.53. The summed E-state index contributed by atoms with van der Waals surface area (Å²) in [6.45, 7) is 4.78. The lowest BCUT2D eigenvalue weighted by Gasteiger charge is -2.23. The van der Waals surface area contributed by atoms with Crippen LogP contribution in [0.15, 0.2) is 30.3 Å². The van der Waals surface area contributed by atoms with Crippen molar-refractivity contribution in [3.8, 4) is 0 Å². The molecule has 0 bridgehead atoms. The Morgan fingerprint density at radius 1 is 1.40 bits per heavy atom. The molecule has 138 valence electrons.